The zero-order valence-corrected chi connectivity index (χ0v) is 15.5. The second-order valence-corrected chi connectivity index (χ2v) is 6.34. The molecule has 0 aliphatic carbocycles. The SMILES string of the molecule is COc1ccc(/C=C2\C(=O)NC(=S)N(c3cccc(C)c3C)C2=O)cc1. The summed E-state index contributed by atoms with van der Waals surface area (Å²) in [5.41, 5.74) is 3.39. The first-order chi connectivity index (χ1) is 12.4. The highest BCUT2D eigenvalue weighted by Gasteiger charge is 2.35. The van der Waals surface area contributed by atoms with E-state index in [-0.39, 0.29) is 10.7 Å². The Bertz CT molecular complexity index is 933. The van der Waals surface area contributed by atoms with Gasteiger partial charge in [0, 0.05) is 0 Å². The summed E-state index contributed by atoms with van der Waals surface area (Å²) in [5.74, 6) is -0.245. The molecule has 1 N–H and O–H groups in total. The maximum atomic E-state index is 13.0. The Morgan fingerprint density at radius 3 is 2.42 bits per heavy atom. The first-order valence-electron chi connectivity index (χ1n) is 8.04. The van der Waals surface area contributed by atoms with Crippen LogP contribution in [0.2, 0.25) is 0 Å². The summed E-state index contributed by atoms with van der Waals surface area (Å²) in [6, 6.07) is 12.7. The quantitative estimate of drug-likeness (QED) is 0.515. The second kappa shape index (κ2) is 7.09. The highest BCUT2D eigenvalue weighted by atomic mass is 32.1. The number of amides is 2. The summed E-state index contributed by atoms with van der Waals surface area (Å²) in [6.45, 7) is 3.88. The summed E-state index contributed by atoms with van der Waals surface area (Å²) >= 11 is 5.25. The van der Waals surface area contributed by atoms with Crippen molar-refractivity contribution in [2.75, 3.05) is 12.0 Å². The third-order valence-electron chi connectivity index (χ3n) is 4.35. The fourth-order valence-corrected chi connectivity index (χ4v) is 2.99. The molecule has 1 fully saturated rings. The number of aryl methyl sites for hydroxylation is 1. The molecule has 1 aliphatic rings. The molecule has 2 amide bonds. The van der Waals surface area contributed by atoms with Crippen LogP contribution in [-0.2, 0) is 9.59 Å². The number of carbonyl (C=O) groups is 2. The number of benzene rings is 2. The van der Waals surface area contributed by atoms with Gasteiger partial charge in [0.15, 0.2) is 5.11 Å². The Morgan fingerprint density at radius 2 is 1.77 bits per heavy atom. The van der Waals surface area contributed by atoms with Crippen LogP contribution in [-0.4, -0.2) is 24.0 Å². The Labute approximate surface area is 157 Å². The molecule has 26 heavy (non-hydrogen) atoms. The van der Waals surface area contributed by atoms with Gasteiger partial charge in [-0.3, -0.25) is 19.8 Å². The predicted molar refractivity (Wildman–Crippen MR) is 105 cm³/mol. The molecule has 1 aliphatic heterocycles. The number of hydrogen-bond donors (Lipinski definition) is 1. The highest BCUT2D eigenvalue weighted by Crippen LogP contribution is 2.27. The Kier molecular flexibility index (Phi) is 4.86. The van der Waals surface area contributed by atoms with Crippen LogP contribution in [0.3, 0.4) is 0 Å². The van der Waals surface area contributed by atoms with Crippen molar-refractivity contribution in [2.45, 2.75) is 13.8 Å². The molecule has 0 aromatic heterocycles. The van der Waals surface area contributed by atoms with E-state index in [2.05, 4.69) is 5.32 Å². The number of nitrogens with zero attached hydrogens (tertiary/aromatic N) is 1. The van der Waals surface area contributed by atoms with E-state index < -0.39 is 11.8 Å². The molecule has 0 spiro atoms. The Balaban J connectivity index is 2.02. The van der Waals surface area contributed by atoms with Gasteiger partial charge in [0.2, 0.25) is 0 Å². The number of thiocarbonyl (C=S) groups is 1. The van der Waals surface area contributed by atoms with E-state index in [1.807, 2.05) is 32.0 Å². The maximum absolute atomic E-state index is 13.0. The molecule has 0 radical (unpaired) electrons. The normalized spacial score (nSPS) is 16.0. The predicted octanol–water partition coefficient (Wildman–Crippen LogP) is 3.14. The van der Waals surface area contributed by atoms with Crippen LogP contribution in [0.15, 0.2) is 48.0 Å². The summed E-state index contributed by atoms with van der Waals surface area (Å²) in [7, 11) is 1.58. The molecule has 0 bridgehead atoms. The molecule has 2 aromatic rings. The van der Waals surface area contributed by atoms with Crippen molar-refractivity contribution in [2.24, 2.45) is 0 Å². The van der Waals surface area contributed by atoms with E-state index in [0.29, 0.717) is 11.4 Å². The fraction of sp³-hybridized carbons (Fsp3) is 0.150. The number of rotatable bonds is 3. The first kappa shape index (κ1) is 17.8. The number of nitrogens with one attached hydrogen (secondary N) is 1. The van der Waals surface area contributed by atoms with E-state index in [1.54, 1.807) is 37.5 Å². The van der Waals surface area contributed by atoms with Crippen molar-refractivity contribution in [3.05, 3.63) is 64.7 Å². The number of hydrogen-bond acceptors (Lipinski definition) is 4. The number of ether oxygens (including phenoxy) is 1. The lowest BCUT2D eigenvalue weighted by atomic mass is 10.0. The molecule has 2 aromatic carbocycles. The van der Waals surface area contributed by atoms with Gasteiger partial charge >= 0.3 is 0 Å². The monoisotopic (exact) mass is 366 g/mol. The second-order valence-electron chi connectivity index (χ2n) is 5.95. The number of methoxy groups -OCH3 is 1. The van der Waals surface area contributed by atoms with Crippen molar-refractivity contribution < 1.29 is 14.3 Å². The molecule has 132 valence electrons. The lowest BCUT2D eigenvalue weighted by molar-refractivity contribution is -0.122. The molecule has 1 saturated heterocycles. The van der Waals surface area contributed by atoms with Crippen molar-refractivity contribution in [1.29, 1.82) is 0 Å². The van der Waals surface area contributed by atoms with Crippen LogP contribution in [0.5, 0.6) is 5.75 Å². The third-order valence-corrected chi connectivity index (χ3v) is 4.63. The average Bonchev–Trinajstić information content (AvgIpc) is 2.62. The topological polar surface area (TPSA) is 58.6 Å². The minimum Gasteiger partial charge on any atom is -0.497 e. The minimum atomic E-state index is -0.502. The molecule has 0 saturated carbocycles. The van der Waals surface area contributed by atoms with Crippen LogP contribution < -0.4 is 15.0 Å². The Hall–Kier alpha value is -2.99. The molecule has 1 heterocycles. The molecule has 3 rings (SSSR count). The lowest BCUT2D eigenvalue weighted by Crippen LogP contribution is -2.54. The smallest absolute Gasteiger partial charge is 0.270 e. The van der Waals surface area contributed by atoms with Gasteiger partial charge in [-0.1, -0.05) is 24.3 Å². The van der Waals surface area contributed by atoms with Gasteiger partial charge in [-0.25, -0.2) is 0 Å². The first-order valence-corrected chi connectivity index (χ1v) is 8.45. The highest BCUT2D eigenvalue weighted by molar-refractivity contribution is 7.80. The van der Waals surface area contributed by atoms with Gasteiger partial charge in [-0.05, 0) is 67.0 Å². The van der Waals surface area contributed by atoms with E-state index >= 15 is 0 Å². The number of carbonyl (C=O) groups excluding carboxylic acids is 2. The number of anilines is 1. The van der Waals surface area contributed by atoms with E-state index in [1.165, 1.54) is 4.90 Å². The zero-order chi connectivity index (χ0) is 18.8. The van der Waals surface area contributed by atoms with Crippen molar-refractivity contribution >= 4 is 40.9 Å². The van der Waals surface area contributed by atoms with Crippen molar-refractivity contribution in [1.82, 2.24) is 5.32 Å². The van der Waals surface area contributed by atoms with Gasteiger partial charge in [0.05, 0.1) is 12.8 Å². The van der Waals surface area contributed by atoms with Crippen LogP contribution in [0.25, 0.3) is 6.08 Å². The lowest BCUT2D eigenvalue weighted by Gasteiger charge is -2.30. The molecule has 0 unspecified atom stereocenters. The van der Waals surface area contributed by atoms with Gasteiger partial charge in [0.1, 0.15) is 11.3 Å². The summed E-state index contributed by atoms with van der Waals surface area (Å²) in [4.78, 5) is 26.7. The van der Waals surface area contributed by atoms with Crippen LogP contribution in [0.4, 0.5) is 5.69 Å². The molecular formula is C20H18N2O3S. The minimum absolute atomic E-state index is 0.0321. The molecule has 6 heteroatoms. The summed E-state index contributed by atoms with van der Waals surface area (Å²) in [5, 5.41) is 2.69. The standard InChI is InChI=1S/C20H18N2O3S/c1-12-5-4-6-17(13(12)2)22-19(24)16(18(23)21-20(22)26)11-14-7-9-15(25-3)10-8-14/h4-11H,1-3H3,(H,21,23,26)/b16-11+. The third kappa shape index (κ3) is 3.23. The van der Waals surface area contributed by atoms with Crippen molar-refractivity contribution in [3.63, 3.8) is 0 Å². The zero-order valence-electron chi connectivity index (χ0n) is 14.7. The van der Waals surface area contributed by atoms with Gasteiger partial charge in [-0.15, -0.1) is 0 Å². The summed E-state index contributed by atoms with van der Waals surface area (Å²) < 4.78 is 5.12. The van der Waals surface area contributed by atoms with Gasteiger partial charge in [0.25, 0.3) is 11.8 Å². The molecule has 0 atom stereocenters. The van der Waals surface area contributed by atoms with E-state index in [0.717, 1.165) is 16.7 Å². The molecule has 5 nitrogen and oxygen atoms in total. The van der Waals surface area contributed by atoms with Gasteiger partial charge < -0.3 is 4.74 Å². The van der Waals surface area contributed by atoms with Gasteiger partial charge in [-0.2, -0.15) is 0 Å². The van der Waals surface area contributed by atoms with Crippen LogP contribution >= 0.6 is 12.2 Å². The van der Waals surface area contributed by atoms with E-state index in [9.17, 15) is 9.59 Å². The largest absolute Gasteiger partial charge is 0.497 e. The average molecular weight is 366 g/mol. The maximum Gasteiger partial charge on any atom is 0.270 e. The summed E-state index contributed by atoms with van der Waals surface area (Å²) in [6.07, 6.45) is 1.55. The fourth-order valence-electron chi connectivity index (χ4n) is 2.72. The van der Waals surface area contributed by atoms with E-state index in [4.69, 9.17) is 17.0 Å². The van der Waals surface area contributed by atoms with Crippen molar-refractivity contribution in [3.8, 4) is 5.75 Å². The Morgan fingerprint density at radius 1 is 1.08 bits per heavy atom. The van der Waals surface area contributed by atoms with Crippen LogP contribution in [0, 0.1) is 13.8 Å². The van der Waals surface area contributed by atoms with Crippen LogP contribution in [0.1, 0.15) is 16.7 Å². The molecular weight excluding hydrogens is 348 g/mol.